The minimum atomic E-state index is 0.00171. The number of aromatic nitrogens is 2. The minimum Gasteiger partial charge on any atom is -0.334 e. The molecule has 1 saturated heterocycles. The third-order valence-electron chi connectivity index (χ3n) is 3.92. The van der Waals surface area contributed by atoms with Crippen molar-refractivity contribution in [2.75, 3.05) is 6.54 Å². The van der Waals surface area contributed by atoms with Crippen molar-refractivity contribution >= 4 is 23.2 Å². The second-order valence-corrected chi connectivity index (χ2v) is 6.80. The summed E-state index contributed by atoms with van der Waals surface area (Å²) in [6, 6.07) is 0.0274. The molecular formula is C15H23N3O2S. The van der Waals surface area contributed by atoms with Crippen LogP contribution >= 0.6 is 11.5 Å². The van der Waals surface area contributed by atoms with E-state index in [0.29, 0.717) is 11.3 Å². The Hall–Kier alpha value is -1.30. The van der Waals surface area contributed by atoms with E-state index in [1.165, 1.54) is 11.5 Å². The van der Waals surface area contributed by atoms with Crippen molar-refractivity contribution in [2.24, 2.45) is 0 Å². The second kappa shape index (κ2) is 7.11. The predicted molar refractivity (Wildman–Crippen MR) is 82.6 cm³/mol. The lowest BCUT2D eigenvalue weighted by Gasteiger charge is -2.29. The molecule has 6 heteroatoms. The van der Waals surface area contributed by atoms with Gasteiger partial charge in [-0.1, -0.05) is 31.2 Å². The number of hydrogen-bond acceptors (Lipinski definition) is 5. The molecule has 2 rings (SSSR count). The molecular weight excluding hydrogens is 286 g/mol. The minimum absolute atomic E-state index is 0.00171. The van der Waals surface area contributed by atoms with Crippen LogP contribution in [0.2, 0.25) is 0 Å². The van der Waals surface area contributed by atoms with Gasteiger partial charge < -0.3 is 4.90 Å². The number of carbonyl (C=O) groups excluding carboxylic acids is 2. The van der Waals surface area contributed by atoms with Gasteiger partial charge in [-0.3, -0.25) is 9.59 Å². The molecule has 1 fully saturated rings. The van der Waals surface area contributed by atoms with E-state index in [4.69, 9.17) is 0 Å². The van der Waals surface area contributed by atoms with Gasteiger partial charge in [-0.2, -0.15) is 0 Å². The molecule has 0 saturated carbocycles. The topological polar surface area (TPSA) is 63.2 Å². The number of likely N-dealkylation sites (tertiary alicyclic amines) is 1. The number of nitrogens with zero attached hydrogens (tertiary/aromatic N) is 3. The van der Waals surface area contributed by atoms with E-state index in [1.807, 2.05) is 18.7 Å². The lowest BCUT2D eigenvalue weighted by Crippen LogP contribution is -2.41. The lowest BCUT2D eigenvalue weighted by molar-refractivity contribution is -0.118. The Kier molecular flexibility index (Phi) is 5.45. The van der Waals surface area contributed by atoms with Crippen molar-refractivity contribution in [2.45, 2.75) is 64.8 Å². The molecule has 21 heavy (non-hydrogen) atoms. The summed E-state index contributed by atoms with van der Waals surface area (Å²) in [6.07, 6.45) is 4.57. The van der Waals surface area contributed by atoms with Crippen LogP contribution in [0.3, 0.4) is 0 Å². The van der Waals surface area contributed by atoms with E-state index in [2.05, 4.69) is 9.59 Å². The van der Waals surface area contributed by atoms with Crippen molar-refractivity contribution < 1.29 is 9.59 Å². The first-order valence-corrected chi connectivity index (χ1v) is 8.40. The van der Waals surface area contributed by atoms with Crippen molar-refractivity contribution in [3.05, 3.63) is 10.6 Å². The fourth-order valence-electron chi connectivity index (χ4n) is 2.84. The van der Waals surface area contributed by atoms with E-state index in [0.717, 1.165) is 37.9 Å². The molecule has 1 atom stereocenters. The summed E-state index contributed by atoms with van der Waals surface area (Å²) in [4.78, 5) is 26.9. The third kappa shape index (κ3) is 3.87. The first-order valence-electron chi connectivity index (χ1n) is 7.63. The number of carbonyl (C=O) groups is 2. The molecule has 0 radical (unpaired) electrons. The van der Waals surface area contributed by atoms with Crippen LogP contribution in [0, 0.1) is 0 Å². The lowest BCUT2D eigenvalue weighted by atomic mass is 10.0. The van der Waals surface area contributed by atoms with Gasteiger partial charge in [-0.25, -0.2) is 0 Å². The van der Waals surface area contributed by atoms with Crippen LogP contribution in [0.25, 0.3) is 0 Å². The Morgan fingerprint density at radius 3 is 2.76 bits per heavy atom. The summed E-state index contributed by atoms with van der Waals surface area (Å²) >= 11 is 1.17. The smallest absolute Gasteiger partial charge is 0.267 e. The van der Waals surface area contributed by atoms with Crippen molar-refractivity contribution in [3.8, 4) is 0 Å². The third-order valence-corrected chi connectivity index (χ3v) is 4.65. The van der Waals surface area contributed by atoms with Crippen LogP contribution in [0.1, 0.15) is 74.2 Å². The highest BCUT2D eigenvalue weighted by Crippen LogP contribution is 2.26. The van der Waals surface area contributed by atoms with Gasteiger partial charge in [0.05, 0.1) is 5.69 Å². The van der Waals surface area contributed by atoms with Gasteiger partial charge in [0.25, 0.3) is 5.91 Å². The highest BCUT2D eigenvalue weighted by molar-refractivity contribution is 7.08. The van der Waals surface area contributed by atoms with Crippen LogP contribution in [0.4, 0.5) is 0 Å². The summed E-state index contributed by atoms with van der Waals surface area (Å²) in [5.41, 5.74) is 0.774. The van der Waals surface area contributed by atoms with E-state index in [1.54, 1.807) is 6.92 Å². The average molecular weight is 309 g/mol. The van der Waals surface area contributed by atoms with Crippen LogP contribution in [0.5, 0.6) is 0 Å². The van der Waals surface area contributed by atoms with Gasteiger partial charge in [0.1, 0.15) is 10.7 Å². The standard InChI is InChI=1S/C15H23N3O2S/c1-10(2)13-14(21-17-16-13)15(20)18-8-6-4-5-7-12(18)9-11(3)19/h10,12H,4-9H2,1-3H3. The molecule has 0 aromatic carbocycles. The molecule has 1 amide bonds. The van der Waals surface area contributed by atoms with Gasteiger partial charge in [0.15, 0.2) is 0 Å². The number of hydrogen-bond donors (Lipinski definition) is 0. The van der Waals surface area contributed by atoms with E-state index in [-0.39, 0.29) is 23.7 Å². The van der Waals surface area contributed by atoms with Gasteiger partial charge in [0, 0.05) is 19.0 Å². The largest absolute Gasteiger partial charge is 0.334 e. The zero-order valence-corrected chi connectivity index (χ0v) is 13.8. The molecule has 0 bridgehead atoms. The molecule has 1 unspecified atom stereocenters. The molecule has 1 aliphatic rings. The monoisotopic (exact) mass is 309 g/mol. The Morgan fingerprint density at radius 2 is 2.10 bits per heavy atom. The van der Waals surface area contributed by atoms with E-state index >= 15 is 0 Å². The quantitative estimate of drug-likeness (QED) is 0.857. The van der Waals surface area contributed by atoms with Gasteiger partial charge in [-0.15, -0.1) is 5.10 Å². The van der Waals surface area contributed by atoms with E-state index < -0.39 is 0 Å². The SMILES string of the molecule is CC(=O)CC1CCCCCN1C(=O)c1snnc1C(C)C. The summed E-state index contributed by atoms with van der Waals surface area (Å²) in [5, 5.41) is 4.10. The fourth-order valence-corrected chi connectivity index (χ4v) is 3.62. The number of amides is 1. The zero-order chi connectivity index (χ0) is 15.4. The molecule has 1 aromatic heterocycles. The molecule has 0 aliphatic carbocycles. The molecule has 1 aromatic rings. The summed E-state index contributed by atoms with van der Waals surface area (Å²) in [6.45, 7) is 6.36. The summed E-state index contributed by atoms with van der Waals surface area (Å²) in [5.74, 6) is 0.328. The Bertz CT molecular complexity index is 513. The molecule has 2 heterocycles. The predicted octanol–water partition coefficient (Wildman–Crippen LogP) is 3.03. The maximum Gasteiger partial charge on any atom is 0.267 e. The Labute approximate surface area is 129 Å². The highest BCUT2D eigenvalue weighted by Gasteiger charge is 2.30. The molecule has 5 nitrogen and oxygen atoms in total. The van der Waals surface area contributed by atoms with Crippen molar-refractivity contribution in [3.63, 3.8) is 0 Å². The van der Waals surface area contributed by atoms with E-state index in [9.17, 15) is 9.59 Å². The second-order valence-electron chi connectivity index (χ2n) is 6.05. The molecule has 0 N–H and O–H groups in total. The highest BCUT2D eigenvalue weighted by atomic mass is 32.1. The van der Waals surface area contributed by atoms with Gasteiger partial charge in [-0.05, 0) is 37.2 Å². The number of Topliss-reactive ketones (excluding diaryl/α,β-unsaturated/α-hetero) is 1. The summed E-state index contributed by atoms with van der Waals surface area (Å²) < 4.78 is 3.95. The van der Waals surface area contributed by atoms with Crippen LogP contribution in [-0.4, -0.2) is 38.8 Å². The van der Waals surface area contributed by atoms with Gasteiger partial charge in [0.2, 0.25) is 0 Å². The Balaban J connectivity index is 2.24. The van der Waals surface area contributed by atoms with Crippen LogP contribution in [0.15, 0.2) is 0 Å². The van der Waals surface area contributed by atoms with Crippen molar-refractivity contribution in [1.82, 2.24) is 14.5 Å². The number of rotatable bonds is 4. The zero-order valence-electron chi connectivity index (χ0n) is 13.0. The van der Waals surface area contributed by atoms with Crippen molar-refractivity contribution in [1.29, 1.82) is 0 Å². The molecule has 1 aliphatic heterocycles. The number of ketones is 1. The Morgan fingerprint density at radius 1 is 1.33 bits per heavy atom. The first kappa shape index (κ1) is 16.1. The maximum atomic E-state index is 12.9. The fraction of sp³-hybridized carbons (Fsp3) is 0.733. The van der Waals surface area contributed by atoms with Crippen LogP contribution < -0.4 is 0 Å². The first-order chi connectivity index (χ1) is 10.0. The van der Waals surface area contributed by atoms with Gasteiger partial charge >= 0.3 is 0 Å². The molecule has 116 valence electrons. The average Bonchev–Trinajstić information content (AvgIpc) is 2.80. The normalized spacial score (nSPS) is 19.6. The maximum absolute atomic E-state index is 12.9. The summed E-state index contributed by atoms with van der Waals surface area (Å²) in [7, 11) is 0. The molecule has 0 spiro atoms. The van der Waals surface area contributed by atoms with Crippen LogP contribution in [-0.2, 0) is 4.79 Å².